The van der Waals surface area contributed by atoms with Gasteiger partial charge in [-0.15, -0.1) is 0 Å². The molecule has 0 saturated carbocycles. The molecule has 0 aliphatic carbocycles. The molecule has 0 aromatic heterocycles. The molecule has 94 valence electrons. The Kier molecular flexibility index (Phi) is 3.72. The number of nitrogens with one attached hydrogen (secondary N) is 1. The van der Waals surface area contributed by atoms with Gasteiger partial charge in [-0.05, 0) is 37.7 Å². The van der Waals surface area contributed by atoms with Crippen LogP contribution in [0.2, 0.25) is 0 Å². The molecule has 0 amide bonds. The molecule has 0 saturated heterocycles. The highest BCUT2D eigenvalue weighted by atomic mass is 19.1. The van der Waals surface area contributed by atoms with Crippen molar-refractivity contribution in [2.75, 3.05) is 7.05 Å². The number of halogens is 2. The summed E-state index contributed by atoms with van der Waals surface area (Å²) in [6, 6.07) is 10.8. The van der Waals surface area contributed by atoms with Gasteiger partial charge >= 0.3 is 0 Å². The van der Waals surface area contributed by atoms with Crippen molar-refractivity contribution >= 4 is 0 Å². The zero-order valence-corrected chi connectivity index (χ0v) is 10.4. The van der Waals surface area contributed by atoms with E-state index >= 15 is 0 Å². The predicted octanol–water partition coefficient (Wildman–Crippen LogP) is 3.58. The van der Waals surface area contributed by atoms with Crippen LogP contribution in [0.15, 0.2) is 42.5 Å². The van der Waals surface area contributed by atoms with Gasteiger partial charge in [0, 0.05) is 5.56 Å². The Morgan fingerprint density at radius 1 is 1.00 bits per heavy atom. The Morgan fingerprint density at radius 2 is 1.67 bits per heavy atom. The average Bonchev–Trinajstić information content (AvgIpc) is 2.37. The topological polar surface area (TPSA) is 12.0 Å². The van der Waals surface area contributed by atoms with E-state index in [0.717, 1.165) is 11.1 Å². The molecular formula is C15H15F2N. The van der Waals surface area contributed by atoms with Gasteiger partial charge in [0.1, 0.15) is 11.6 Å². The van der Waals surface area contributed by atoms with Gasteiger partial charge < -0.3 is 5.32 Å². The third-order valence-electron chi connectivity index (χ3n) is 2.95. The number of hydrogen-bond donors (Lipinski definition) is 1. The van der Waals surface area contributed by atoms with Crippen molar-refractivity contribution in [3.8, 4) is 0 Å². The van der Waals surface area contributed by atoms with Crippen LogP contribution in [0.3, 0.4) is 0 Å². The summed E-state index contributed by atoms with van der Waals surface area (Å²) in [5.74, 6) is -0.553. The maximum atomic E-state index is 13.9. The van der Waals surface area contributed by atoms with Gasteiger partial charge in [-0.25, -0.2) is 8.78 Å². The first-order valence-electron chi connectivity index (χ1n) is 5.80. The lowest BCUT2D eigenvalue weighted by Gasteiger charge is -2.18. The van der Waals surface area contributed by atoms with Crippen molar-refractivity contribution in [2.45, 2.75) is 13.0 Å². The van der Waals surface area contributed by atoms with Gasteiger partial charge in [0.15, 0.2) is 0 Å². The molecule has 18 heavy (non-hydrogen) atoms. The Bertz CT molecular complexity index is 535. The van der Waals surface area contributed by atoms with Crippen LogP contribution in [0.5, 0.6) is 0 Å². The lowest BCUT2D eigenvalue weighted by Crippen LogP contribution is -2.19. The normalized spacial score (nSPS) is 12.4. The Morgan fingerprint density at radius 3 is 2.28 bits per heavy atom. The molecule has 3 heteroatoms. The number of rotatable bonds is 3. The molecule has 1 nitrogen and oxygen atoms in total. The summed E-state index contributed by atoms with van der Waals surface area (Å²) in [7, 11) is 1.76. The standard InChI is InChI=1S/C15H15F2N/c1-10-3-8-14(17)13(9-10)15(18-2)11-4-6-12(16)7-5-11/h3-9,15,18H,1-2H3. The first-order valence-corrected chi connectivity index (χ1v) is 5.80. The smallest absolute Gasteiger partial charge is 0.128 e. The molecule has 0 radical (unpaired) electrons. The second-order valence-corrected chi connectivity index (χ2v) is 4.30. The lowest BCUT2D eigenvalue weighted by molar-refractivity contribution is 0.574. The summed E-state index contributed by atoms with van der Waals surface area (Å²) >= 11 is 0. The van der Waals surface area contributed by atoms with Crippen LogP contribution in [0, 0.1) is 18.6 Å². The van der Waals surface area contributed by atoms with E-state index in [1.165, 1.54) is 18.2 Å². The predicted molar refractivity (Wildman–Crippen MR) is 68.4 cm³/mol. The second-order valence-electron chi connectivity index (χ2n) is 4.30. The molecule has 0 aliphatic heterocycles. The summed E-state index contributed by atoms with van der Waals surface area (Å²) in [5, 5.41) is 3.06. The molecule has 1 unspecified atom stereocenters. The fourth-order valence-corrected chi connectivity index (χ4v) is 2.04. The number of benzene rings is 2. The van der Waals surface area contributed by atoms with Crippen LogP contribution < -0.4 is 5.32 Å². The average molecular weight is 247 g/mol. The SMILES string of the molecule is CNC(c1ccc(F)cc1)c1cc(C)ccc1F. The zero-order chi connectivity index (χ0) is 13.1. The van der Waals surface area contributed by atoms with Crippen LogP contribution in [-0.2, 0) is 0 Å². The van der Waals surface area contributed by atoms with E-state index in [2.05, 4.69) is 5.32 Å². The monoisotopic (exact) mass is 247 g/mol. The Labute approximate surface area is 105 Å². The molecule has 0 aliphatic rings. The van der Waals surface area contributed by atoms with Gasteiger partial charge in [0.25, 0.3) is 0 Å². The van der Waals surface area contributed by atoms with Gasteiger partial charge in [0.2, 0.25) is 0 Å². The van der Waals surface area contributed by atoms with Crippen molar-refractivity contribution in [2.24, 2.45) is 0 Å². The highest BCUT2D eigenvalue weighted by Crippen LogP contribution is 2.25. The summed E-state index contributed by atoms with van der Waals surface area (Å²) in [4.78, 5) is 0. The van der Waals surface area contributed by atoms with Gasteiger partial charge in [-0.3, -0.25) is 0 Å². The Hall–Kier alpha value is -1.74. The lowest BCUT2D eigenvalue weighted by atomic mass is 9.97. The number of hydrogen-bond acceptors (Lipinski definition) is 1. The van der Waals surface area contributed by atoms with E-state index in [4.69, 9.17) is 0 Å². The third-order valence-corrected chi connectivity index (χ3v) is 2.95. The largest absolute Gasteiger partial charge is 0.309 e. The zero-order valence-electron chi connectivity index (χ0n) is 10.4. The molecule has 2 aromatic rings. The second kappa shape index (κ2) is 5.27. The highest BCUT2D eigenvalue weighted by Gasteiger charge is 2.16. The van der Waals surface area contributed by atoms with Crippen molar-refractivity contribution in [1.29, 1.82) is 0 Å². The minimum atomic E-state index is -0.293. The molecular weight excluding hydrogens is 232 g/mol. The highest BCUT2D eigenvalue weighted by molar-refractivity contribution is 5.35. The number of aryl methyl sites for hydroxylation is 1. The van der Waals surface area contributed by atoms with Crippen LogP contribution in [-0.4, -0.2) is 7.05 Å². The van der Waals surface area contributed by atoms with Crippen molar-refractivity contribution < 1.29 is 8.78 Å². The molecule has 2 aromatic carbocycles. The Balaban J connectivity index is 2.44. The molecule has 0 heterocycles. The van der Waals surface area contributed by atoms with E-state index in [1.807, 2.05) is 6.92 Å². The quantitative estimate of drug-likeness (QED) is 0.874. The first-order chi connectivity index (χ1) is 8.61. The van der Waals surface area contributed by atoms with Crippen LogP contribution in [0.1, 0.15) is 22.7 Å². The molecule has 1 atom stereocenters. The summed E-state index contributed by atoms with van der Waals surface area (Å²) in [5.41, 5.74) is 2.40. The van der Waals surface area contributed by atoms with E-state index in [0.29, 0.717) is 5.56 Å². The minimum absolute atomic E-state index is 0.260. The van der Waals surface area contributed by atoms with E-state index in [9.17, 15) is 8.78 Å². The molecule has 0 bridgehead atoms. The third kappa shape index (κ3) is 2.57. The van der Waals surface area contributed by atoms with E-state index in [1.54, 1.807) is 31.3 Å². The van der Waals surface area contributed by atoms with E-state index < -0.39 is 0 Å². The van der Waals surface area contributed by atoms with Gasteiger partial charge in [-0.2, -0.15) is 0 Å². The molecule has 2 rings (SSSR count). The van der Waals surface area contributed by atoms with Gasteiger partial charge in [-0.1, -0.05) is 29.8 Å². The van der Waals surface area contributed by atoms with Gasteiger partial charge in [0.05, 0.1) is 6.04 Å². The summed E-state index contributed by atoms with van der Waals surface area (Å²) in [6.07, 6.45) is 0. The maximum Gasteiger partial charge on any atom is 0.128 e. The fraction of sp³-hybridized carbons (Fsp3) is 0.200. The van der Waals surface area contributed by atoms with Crippen molar-refractivity contribution in [1.82, 2.24) is 5.32 Å². The van der Waals surface area contributed by atoms with Crippen LogP contribution in [0.25, 0.3) is 0 Å². The maximum absolute atomic E-state index is 13.9. The van der Waals surface area contributed by atoms with Crippen molar-refractivity contribution in [3.63, 3.8) is 0 Å². The van der Waals surface area contributed by atoms with Crippen LogP contribution >= 0.6 is 0 Å². The molecule has 0 fully saturated rings. The summed E-state index contributed by atoms with van der Waals surface area (Å²) in [6.45, 7) is 1.92. The minimum Gasteiger partial charge on any atom is -0.309 e. The van der Waals surface area contributed by atoms with Crippen molar-refractivity contribution in [3.05, 3.63) is 70.8 Å². The molecule has 1 N–H and O–H groups in total. The van der Waals surface area contributed by atoms with Crippen LogP contribution in [0.4, 0.5) is 8.78 Å². The molecule has 0 spiro atoms. The fourth-order valence-electron chi connectivity index (χ4n) is 2.04. The first kappa shape index (κ1) is 12.7. The van der Waals surface area contributed by atoms with E-state index in [-0.39, 0.29) is 17.7 Å². The summed E-state index contributed by atoms with van der Waals surface area (Å²) < 4.78 is 26.8.